The molecule has 13 rings (SSSR count). The largest absolute Gasteiger partial charge is 0.453 e. The molecule has 392 valence electrons. The molecule has 14 nitrogen and oxygen atoms in total. The normalized spacial score (nSPS) is 23.0. The van der Waals surface area contributed by atoms with Crippen LogP contribution in [0, 0.1) is 11.8 Å². The predicted octanol–water partition coefficient (Wildman–Crippen LogP) is 10.6. The van der Waals surface area contributed by atoms with Gasteiger partial charge in [-0.2, -0.15) is 23.5 Å². The number of alkyl carbamates (subject to hydrolysis) is 2. The number of nitrogens with one attached hydrogen (secondary N) is 4. The number of H-pyrrole nitrogens is 2. The molecule has 4 heterocycles. The van der Waals surface area contributed by atoms with E-state index in [-0.39, 0.29) is 36.0 Å². The summed E-state index contributed by atoms with van der Waals surface area (Å²) in [5.41, 5.74) is 11.4. The molecule has 4 fully saturated rings. The zero-order valence-corrected chi connectivity index (χ0v) is 45.0. The van der Waals surface area contributed by atoms with Gasteiger partial charge in [0.1, 0.15) is 23.7 Å². The van der Waals surface area contributed by atoms with Crippen molar-refractivity contribution in [1.82, 2.24) is 40.4 Å². The van der Waals surface area contributed by atoms with Crippen molar-refractivity contribution < 1.29 is 28.7 Å². The van der Waals surface area contributed by atoms with Crippen LogP contribution in [0.1, 0.15) is 123 Å². The number of thioether (sulfide) groups is 2. The molecule has 2 saturated carbocycles. The van der Waals surface area contributed by atoms with Gasteiger partial charge in [0.25, 0.3) is 0 Å². The number of benzene rings is 3. The van der Waals surface area contributed by atoms with Crippen LogP contribution in [0.25, 0.3) is 33.6 Å². The Bertz CT molecular complexity index is 2780. The molecule has 8 atom stereocenters. The maximum Gasteiger partial charge on any atom is 0.407 e. The molecule has 5 aromatic rings. The van der Waals surface area contributed by atoms with E-state index in [9.17, 15) is 19.2 Å². The molecule has 4 amide bonds. The molecular formula is C58H72N8O6S2. The third kappa shape index (κ3) is 11.0. The molecule has 4 N–H and O–H groups in total. The van der Waals surface area contributed by atoms with Gasteiger partial charge in [-0.25, -0.2) is 19.6 Å². The zero-order valence-electron chi connectivity index (χ0n) is 43.3. The maximum absolute atomic E-state index is 14.7. The fourth-order valence-corrected chi connectivity index (χ4v) is 13.9. The van der Waals surface area contributed by atoms with E-state index < -0.39 is 24.3 Å². The van der Waals surface area contributed by atoms with E-state index in [4.69, 9.17) is 19.4 Å². The van der Waals surface area contributed by atoms with Crippen LogP contribution in [-0.2, 0) is 44.7 Å². The summed E-state index contributed by atoms with van der Waals surface area (Å²) in [5.74, 6) is 3.72. The van der Waals surface area contributed by atoms with Gasteiger partial charge in [0.05, 0.1) is 50.1 Å². The summed E-state index contributed by atoms with van der Waals surface area (Å²) in [6.45, 7) is 0. The Labute approximate surface area is 444 Å². The van der Waals surface area contributed by atoms with Gasteiger partial charge >= 0.3 is 12.2 Å². The van der Waals surface area contributed by atoms with E-state index in [0.29, 0.717) is 24.7 Å². The number of aryl methyl sites for hydroxylation is 4. The number of amides is 4. The van der Waals surface area contributed by atoms with Crippen molar-refractivity contribution in [2.24, 2.45) is 11.8 Å². The number of nitrogens with zero attached hydrogens (tertiary/aromatic N) is 4. The minimum Gasteiger partial charge on any atom is -0.453 e. The molecule has 2 saturated heterocycles. The number of carbonyl (C=O) groups is 4. The van der Waals surface area contributed by atoms with Crippen molar-refractivity contribution in [1.29, 1.82) is 0 Å². The quantitative estimate of drug-likeness (QED) is 0.0790. The highest BCUT2D eigenvalue weighted by molar-refractivity contribution is 7.98. The van der Waals surface area contributed by atoms with Crippen molar-refractivity contribution in [2.45, 2.75) is 139 Å². The lowest BCUT2D eigenvalue weighted by Crippen LogP contribution is -2.52. The van der Waals surface area contributed by atoms with Crippen LogP contribution in [0.3, 0.4) is 0 Å². The number of aromatic nitrogens is 4. The van der Waals surface area contributed by atoms with Gasteiger partial charge < -0.3 is 39.9 Å². The number of carbonyl (C=O) groups excluding carboxylic acids is 4. The highest BCUT2D eigenvalue weighted by atomic mass is 32.2. The minimum absolute atomic E-state index is 0.0558. The zero-order chi connectivity index (χ0) is 51.3. The summed E-state index contributed by atoms with van der Waals surface area (Å²) in [4.78, 5) is 75.7. The molecule has 2 aliphatic heterocycles. The van der Waals surface area contributed by atoms with Crippen molar-refractivity contribution in [3.05, 3.63) is 107 Å². The Hall–Kier alpha value is -5.74. The maximum atomic E-state index is 14.7. The summed E-state index contributed by atoms with van der Waals surface area (Å²) in [6.07, 6.45) is 21.4. The second-order valence-corrected chi connectivity index (χ2v) is 23.1. The van der Waals surface area contributed by atoms with Crippen LogP contribution < -0.4 is 10.6 Å². The van der Waals surface area contributed by atoms with Gasteiger partial charge in [-0.3, -0.25) is 9.59 Å². The van der Waals surface area contributed by atoms with E-state index >= 15 is 0 Å². The van der Waals surface area contributed by atoms with Crippen LogP contribution in [0.15, 0.2) is 73.1 Å². The fourth-order valence-electron chi connectivity index (χ4n) is 13.0. The number of hydrogen-bond donors (Lipinski definition) is 4. The van der Waals surface area contributed by atoms with E-state index in [1.807, 2.05) is 29.8 Å². The number of aromatic amines is 2. The number of ether oxygens (including phenoxy) is 2. The first-order chi connectivity index (χ1) is 36.1. The Kier molecular flexibility index (Phi) is 16.4. The third-order valence-electron chi connectivity index (χ3n) is 16.8. The topological polar surface area (TPSA) is 175 Å². The van der Waals surface area contributed by atoms with Crippen molar-refractivity contribution >= 4 is 47.5 Å². The van der Waals surface area contributed by atoms with Crippen molar-refractivity contribution in [3.63, 3.8) is 0 Å². The SMILES string of the molecule is COC(=O)N[C@@H](CCSC)C(=O)N1C2CCCCC2C[C@H]1c1ncc(-c2ccc(-c3cc4c(-c5cnc([C@@H]6CC7CCCCC7N6C(=O)[C@H](CCSC)NC(=O)OC)[nH]5)cc3CCc3ccc(cc3)CC4)cc2)[nH]1. The van der Waals surface area contributed by atoms with Gasteiger partial charge in [0.15, 0.2) is 0 Å². The van der Waals surface area contributed by atoms with Crippen LogP contribution in [-0.4, -0.2) is 116 Å². The van der Waals surface area contributed by atoms with Crippen LogP contribution in [0.4, 0.5) is 9.59 Å². The molecule has 4 unspecified atom stereocenters. The number of likely N-dealkylation sites (tertiary alicyclic amines) is 2. The van der Waals surface area contributed by atoms with Gasteiger partial charge in [0, 0.05) is 17.6 Å². The monoisotopic (exact) mass is 1040 g/mol. The summed E-state index contributed by atoms with van der Waals surface area (Å²) < 4.78 is 9.92. The molecule has 8 aliphatic rings. The van der Waals surface area contributed by atoms with Gasteiger partial charge in [0.2, 0.25) is 11.8 Å². The van der Waals surface area contributed by atoms with E-state index in [2.05, 4.69) is 86.2 Å². The molecular weight excluding hydrogens is 969 g/mol. The summed E-state index contributed by atoms with van der Waals surface area (Å²) in [6, 6.07) is 21.1. The Morgan fingerprint density at radius 2 is 1.05 bits per heavy atom. The molecule has 6 aliphatic carbocycles. The number of imidazole rings is 2. The molecule has 0 radical (unpaired) electrons. The molecule has 0 spiro atoms. The first-order valence-electron chi connectivity index (χ1n) is 26.9. The molecule has 2 aromatic heterocycles. The third-order valence-corrected chi connectivity index (χ3v) is 18.1. The smallest absolute Gasteiger partial charge is 0.407 e. The number of rotatable bonds is 15. The first-order valence-corrected chi connectivity index (χ1v) is 29.7. The Morgan fingerprint density at radius 1 is 0.608 bits per heavy atom. The summed E-state index contributed by atoms with van der Waals surface area (Å²) >= 11 is 3.32. The van der Waals surface area contributed by atoms with Crippen LogP contribution in [0.2, 0.25) is 0 Å². The first kappa shape index (κ1) is 51.7. The highest BCUT2D eigenvalue weighted by Crippen LogP contribution is 2.48. The average Bonchev–Trinajstić information content (AvgIpc) is 4.28. The fraction of sp³-hybridized carbons (Fsp3) is 0.517. The molecule has 74 heavy (non-hydrogen) atoms. The van der Waals surface area contributed by atoms with Crippen LogP contribution in [0.5, 0.6) is 0 Å². The average molecular weight is 1040 g/mol. The predicted molar refractivity (Wildman–Crippen MR) is 293 cm³/mol. The second-order valence-electron chi connectivity index (χ2n) is 21.1. The Morgan fingerprint density at radius 3 is 1.55 bits per heavy atom. The van der Waals surface area contributed by atoms with Crippen molar-refractivity contribution in [3.8, 4) is 33.6 Å². The molecule has 3 aromatic carbocycles. The summed E-state index contributed by atoms with van der Waals surface area (Å²) in [5, 5.41) is 5.72. The summed E-state index contributed by atoms with van der Waals surface area (Å²) in [7, 11) is 2.68. The number of hydrogen-bond acceptors (Lipinski definition) is 10. The standard InChI is InChI=1S/C58H72N8O6S2/c1-71-57(69)63-45(25-27-73-3)55(67)65-49-11-7-5-9-41(49)31-51(65)53-59-33-47(61-53)38-23-21-37(22-24-38)43-29-40-20-18-36-15-13-35(14-16-36)17-19-39(43)30-44(40)48-34-60-54(62-48)52-32-42-10-6-8-12-50(42)66(52)56(68)46(26-28-74-4)64-58(70)72-2/h13-16,21-24,29-30,33-34,41-42,45-46,49-52H,5-12,17-20,25-28,31-32H2,1-4H3,(H,59,61)(H,60,62)(H,63,69)(H,64,70)/t41?,42?,45-,46-,49?,50?,51-,52-/m0/s1. The van der Waals surface area contributed by atoms with Gasteiger partial charge in [-0.1, -0.05) is 80.3 Å². The minimum atomic E-state index is -0.677. The second kappa shape index (κ2) is 23.4. The number of fused-ring (bicyclic) bond motifs is 2. The van der Waals surface area contributed by atoms with Gasteiger partial charge in [-0.15, -0.1) is 0 Å². The molecule has 4 bridgehead atoms. The lowest BCUT2D eigenvalue weighted by Gasteiger charge is -2.36. The lowest BCUT2D eigenvalue weighted by atomic mass is 9.84. The molecule has 16 heteroatoms. The van der Waals surface area contributed by atoms with Crippen LogP contribution >= 0.6 is 23.5 Å². The highest BCUT2D eigenvalue weighted by Gasteiger charge is 2.49. The van der Waals surface area contributed by atoms with E-state index in [1.165, 1.54) is 42.0 Å². The Balaban J connectivity index is 0.943. The van der Waals surface area contributed by atoms with Crippen molar-refractivity contribution in [2.75, 3.05) is 38.2 Å². The van der Waals surface area contributed by atoms with E-state index in [1.54, 1.807) is 23.5 Å². The van der Waals surface area contributed by atoms with Gasteiger partial charge in [-0.05, 0) is 158 Å². The van der Waals surface area contributed by atoms with E-state index in [0.717, 1.165) is 141 Å². The lowest BCUT2D eigenvalue weighted by molar-refractivity contribution is -0.138. The number of methoxy groups -OCH3 is 2.